The molecule has 93 heavy (non-hydrogen) atoms. The number of imide groups is 4. The second-order valence-corrected chi connectivity index (χ2v) is 43.3. The van der Waals surface area contributed by atoms with Crippen LogP contribution in [0, 0.1) is 86.3 Å². The van der Waals surface area contributed by atoms with Crippen molar-refractivity contribution in [1.29, 1.82) is 0 Å². The number of nitrogens with zero attached hydrogens (tertiary/aromatic N) is 6. The van der Waals surface area contributed by atoms with Crippen LogP contribution in [0.2, 0.25) is 38.3 Å². The summed E-state index contributed by atoms with van der Waals surface area (Å²) >= 11 is 0. The minimum absolute atomic E-state index is 0.00727. The van der Waals surface area contributed by atoms with Crippen molar-refractivity contribution in [2.24, 2.45) is 86.3 Å². The van der Waals surface area contributed by atoms with Crippen LogP contribution in [-0.4, -0.2) is 217 Å². The number of unbranched alkanes of at least 4 members (excludes halogenated alkanes) is 1. The molecule has 0 aromatic rings. The van der Waals surface area contributed by atoms with Crippen LogP contribution >= 0.6 is 0 Å². The zero-order chi connectivity index (χ0) is 71.3. The summed E-state index contributed by atoms with van der Waals surface area (Å²) in [7, 11) is 6.90. The molecule has 4 heterocycles. The number of amides is 8. The van der Waals surface area contributed by atoms with Gasteiger partial charge in [0.2, 0.25) is 47.3 Å². The minimum Gasteiger partial charge on any atom is -0.481 e. The third kappa shape index (κ3) is 20.2. The SMILES string of the molecule is CCCC[Si](C)(C)O[Si](C)(C)CCCN1C(=O)C(CC(C)(C)C2C(=O)N(CCN(C)C)C(=O)C2CC(C)(C)C2C(=O)N(C(C)COCCOC)C(=O)C2CC(C)(C)C2C(=O)N(CC[N+](C)(C)C)C(=O)C2CC(C)(C)C)C(C(C)(C)CC(C(=O)O)C(C)C(=O)OCC)C1=O. The molecule has 8 amide bonds. The van der Waals surface area contributed by atoms with Crippen LogP contribution in [0.15, 0.2) is 0 Å². The highest BCUT2D eigenvalue weighted by Gasteiger charge is 2.64. The smallest absolute Gasteiger partial charge is 0.309 e. The average molecular weight is 1350 g/mol. The number of carbonyl (C=O) groups excluding carboxylic acids is 9. The van der Waals surface area contributed by atoms with Gasteiger partial charge in [0.05, 0.1) is 126 Å². The van der Waals surface area contributed by atoms with Gasteiger partial charge in [0.25, 0.3) is 0 Å². The number of carboxylic acid groups (broad SMARTS) is 1. The van der Waals surface area contributed by atoms with E-state index in [0.29, 0.717) is 36.5 Å². The summed E-state index contributed by atoms with van der Waals surface area (Å²) in [6, 6.07) is 0.958. The Labute approximate surface area is 561 Å². The molecular weight excluding hydrogens is 1220 g/mol. The van der Waals surface area contributed by atoms with Crippen molar-refractivity contribution in [2.45, 2.75) is 200 Å². The first-order chi connectivity index (χ1) is 42.5. The number of rotatable bonds is 38. The lowest BCUT2D eigenvalue weighted by molar-refractivity contribution is -0.869. The van der Waals surface area contributed by atoms with E-state index in [1.54, 1.807) is 34.8 Å². The van der Waals surface area contributed by atoms with Crippen molar-refractivity contribution in [3.63, 3.8) is 0 Å². The molecule has 0 aliphatic carbocycles. The van der Waals surface area contributed by atoms with E-state index in [1.807, 2.05) is 102 Å². The fraction of sp³-hybridized carbons (Fsp3) is 0.857. The average Bonchev–Trinajstić information content (AvgIpc) is 1.60. The van der Waals surface area contributed by atoms with Crippen molar-refractivity contribution in [3.05, 3.63) is 0 Å². The fourth-order valence-corrected chi connectivity index (χ4v) is 25.2. The van der Waals surface area contributed by atoms with E-state index in [4.69, 9.17) is 18.3 Å². The van der Waals surface area contributed by atoms with E-state index in [9.17, 15) is 24.3 Å². The Kier molecular flexibility index (Phi) is 27.5. The van der Waals surface area contributed by atoms with Crippen LogP contribution in [0.3, 0.4) is 0 Å². The summed E-state index contributed by atoms with van der Waals surface area (Å²) in [5.41, 5.74) is -5.08. The predicted molar refractivity (Wildman–Crippen MR) is 363 cm³/mol. The van der Waals surface area contributed by atoms with Gasteiger partial charge in [0, 0.05) is 26.7 Å². The Hall–Kier alpha value is -4.27. The number of hydrogen-bond acceptors (Lipinski definition) is 15. The monoisotopic (exact) mass is 1350 g/mol. The molecule has 4 aliphatic heterocycles. The van der Waals surface area contributed by atoms with Gasteiger partial charge in [0.15, 0.2) is 16.6 Å². The van der Waals surface area contributed by atoms with Crippen LogP contribution < -0.4 is 0 Å². The van der Waals surface area contributed by atoms with Crippen molar-refractivity contribution in [1.82, 2.24) is 24.5 Å². The van der Waals surface area contributed by atoms with E-state index >= 15 is 28.8 Å². The number of carboxylic acids is 1. The molecule has 11 atom stereocenters. The third-order valence-corrected chi connectivity index (χ3v) is 28.2. The maximum absolute atomic E-state index is 15.7. The van der Waals surface area contributed by atoms with Gasteiger partial charge in [-0.3, -0.25) is 67.5 Å². The van der Waals surface area contributed by atoms with E-state index in [-0.39, 0.29) is 89.0 Å². The molecule has 0 bridgehead atoms. The van der Waals surface area contributed by atoms with Crippen LogP contribution in [0.1, 0.15) is 155 Å². The van der Waals surface area contributed by atoms with E-state index in [2.05, 4.69) is 33.1 Å². The fourth-order valence-electron chi connectivity index (χ4n) is 16.2. The first-order valence-electron chi connectivity index (χ1n) is 34.5. The Morgan fingerprint density at radius 3 is 1.42 bits per heavy atom. The number of carbonyl (C=O) groups is 10. The molecule has 0 saturated carbocycles. The van der Waals surface area contributed by atoms with E-state index in [0.717, 1.165) is 18.9 Å². The molecule has 532 valence electrons. The summed E-state index contributed by atoms with van der Waals surface area (Å²) < 4.78 is 23.9. The van der Waals surface area contributed by atoms with E-state index in [1.165, 1.54) is 26.5 Å². The van der Waals surface area contributed by atoms with Crippen LogP contribution in [0.4, 0.5) is 0 Å². The molecule has 0 aromatic carbocycles. The molecule has 11 unspecified atom stereocenters. The molecule has 0 spiro atoms. The third-order valence-electron chi connectivity index (χ3n) is 20.6. The van der Waals surface area contributed by atoms with Crippen molar-refractivity contribution < 1.29 is 75.9 Å². The highest BCUT2D eigenvalue weighted by molar-refractivity contribution is 6.84. The Morgan fingerprint density at radius 2 is 1.00 bits per heavy atom. The highest BCUT2D eigenvalue weighted by atomic mass is 28.4. The summed E-state index contributed by atoms with van der Waals surface area (Å²) in [4.78, 5) is 156. The molecule has 1 N–H and O–H groups in total. The first kappa shape index (κ1) is 81.2. The molecule has 4 aliphatic rings. The lowest BCUT2D eigenvalue weighted by atomic mass is 9.58. The van der Waals surface area contributed by atoms with Crippen LogP contribution in [0.5, 0.6) is 0 Å². The summed E-state index contributed by atoms with van der Waals surface area (Å²) in [5.74, 6) is -15.8. The molecule has 23 heteroatoms. The molecule has 4 fully saturated rings. The molecule has 4 saturated heterocycles. The zero-order valence-corrected chi connectivity index (χ0v) is 64.1. The summed E-state index contributed by atoms with van der Waals surface area (Å²) in [5, 5.41) is 10.7. The van der Waals surface area contributed by atoms with Crippen molar-refractivity contribution >= 4 is 75.8 Å². The standard InChI is InChI=1S/C70H124N6O15Si2/c1-26-28-37-92(22,23)91-93(24,25)38-29-30-72-57(78)49(53(60(72)81)67(8,9)40-47(64(85)86)46(4)65(87)90-27-2)41-68(10,11)54-50(58(79)73(61(54)82)32-31-71(16)17)42-70(14,15)55-51(59(80)75(63(55)84)45(3)44-89-36-35-88-21)43-69(12,13)52-48(39-66(5,6)7)56(77)74(62(52)83)33-34-76(18,19)20/h45-55H,26-44H2,1-25H3/p+1. The number of methoxy groups -OCH3 is 1. The summed E-state index contributed by atoms with van der Waals surface area (Å²) in [6.07, 6.45) is 2.74. The molecule has 0 aromatic heterocycles. The Morgan fingerprint density at radius 1 is 0.581 bits per heavy atom. The maximum atomic E-state index is 15.7. The topological polar surface area (TPSA) is 244 Å². The van der Waals surface area contributed by atoms with Gasteiger partial charge in [-0.15, -0.1) is 0 Å². The predicted octanol–water partition coefficient (Wildman–Crippen LogP) is 9.33. The summed E-state index contributed by atoms with van der Waals surface area (Å²) in [6.45, 7) is 38.4. The van der Waals surface area contributed by atoms with Crippen molar-refractivity contribution in [3.8, 4) is 0 Å². The molecule has 0 radical (unpaired) electrons. The molecule has 4 rings (SSSR count). The van der Waals surface area contributed by atoms with Gasteiger partial charge in [-0.2, -0.15) is 0 Å². The number of aliphatic carboxylic acids is 1. The molecular formula is C70H125N6O15Si2+. The number of quaternary nitrogens is 1. The number of ether oxygens (including phenoxy) is 3. The lowest BCUT2D eigenvalue weighted by Crippen LogP contribution is -2.45. The van der Waals surface area contributed by atoms with Crippen molar-refractivity contribution in [2.75, 3.05) is 101 Å². The highest BCUT2D eigenvalue weighted by Crippen LogP contribution is 2.57. The number of hydrogen-bond donors (Lipinski definition) is 1. The minimum atomic E-state index is -2.30. The van der Waals surface area contributed by atoms with Gasteiger partial charge in [-0.05, 0) is 132 Å². The van der Waals surface area contributed by atoms with Gasteiger partial charge in [-0.25, -0.2) is 0 Å². The van der Waals surface area contributed by atoms with Gasteiger partial charge < -0.3 is 32.8 Å². The van der Waals surface area contributed by atoms with Crippen LogP contribution in [-0.2, 0) is 66.3 Å². The van der Waals surface area contributed by atoms with Gasteiger partial charge in [0.1, 0.15) is 0 Å². The quantitative estimate of drug-likeness (QED) is 0.0199. The largest absolute Gasteiger partial charge is 0.481 e. The Bertz CT molecular complexity index is 2700. The number of likely N-dealkylation sites (N-methyl/N-ethyl adjacent to an activating group) is 2. The normalized spacial score (nSPS) is 24.5. The van der Waals surface area contributed by atoms with Crippen LogP contribution in [0.25, 0.3) is 0 Å². The second-order valence-electron chi connectivity index (χ2n) is 34.5. The zero-order valence-electron chi connectivity index (χ0n) is 62.1. The van der Waals surface area contributed by atoms with Gasteiger partial charge in [-0.1, -0.05) is 103 Å². The number of likely N-dealkylation sites (tertiary alicyclic amines) is 4. The maximum Gasteiger partial charge on any atom is 0.309 e. The second kappa shape index (κ2) is 31.5. The molecule has 21 nitrogen and oxygen atoms in total. The first-order valence-corrected chi connectivity index (χ1v) is 40.7. The Balaban J connectivity index is 1.90. The van der Waals surface area contributed by atoms with E-state index < -0.39 is 151 Å². The number of esters is 1. The lowest BCUT2D eigenvalue weighted by Gasteiger charge is -2.42. The van der Waals surface area contributed by atoms with Gasteiger partial charge >= 0.3 is 11.9 Å².